The number of ether oxygens (including phenoxy) is 2. The summed E-state index contributed by atoms with van der Waals surface area (Å²) in [6.45, 7) is 0.471. The van der Waals surface area contributed by atoms with Crippen LogP contribution in [0.2, 0.25) is 0 Å². The molecule has 0 aliphatic carbocycles. The second kappa shape index (κ2) is 8.11. The van der Waals surface area contributed by atoms with E-state index >= 15 is 0 Å². The van der Waals surface area contributed by atoms with Crippen LogP contribution >= 0.6 is 11.8 Å². The van der Waals surface area contributed by atoms with Gasteiger partial charge in [0.05, 0.1) is 23.9 Å². The first-order valence-corrected chi connectivity index (χ1v) is 10.4. The summed E-state index contributed by atoms with van der Waals surface area (Å²) in [5.74, 6) is -1.06. The number of nitrogens with zero attached hydrogens (tertiary/aromatic N) is 2. The highest BCUT2D eigenvalue weighted by Crippen LogP contribution is 2.30. The van der Waals surface area contributed by atoms with Gasteiger partial charge in [0.1, 0.15) is 5.54 Å². The van der Waals surface area contributed by atoms with Crippen molar-refractivity contribution in [2.45, 2.75) is 23.3 Å². The molecule has 2 heterocycles. The number of rotatable bonds is 5. The van der Waals surface area contributed by atoms with Crippen LogP contribution < -0.4 is 14.9 Å². The number of nitrogens with two attached hydrogens (primary N) is 1. The minimum Gasteiger partial charge on any atom is -0.468 e. The number of fused-ring (bicyclic) bond motifs is 1. The summed E-state index contributed by atoms with van der Waals surface area (Å²) < 4.78 is 39.6. The number of guanidine groups is 1. The molecule has 0 atom stereocenters. The Morgan fingerprint density at radius 3 is 2.69 bits per heavy atom. The van der Waals surface area contributed by atoms with E-state index in [1.54, 1.807) is 0 Å². The summed E-state index contributed by atoms with van der Waals surface area (Å²) in [6.07, 6.45) is 3.21. The van der Waals surface area contributed by atoms with E-state index in [2.05, 4.69) is 9.71 Å². The van der Waals surface area contributed by atoms with E-state index in [9.17, 15) is 13.2 Å². The first kappa shape index (κ1) is 21.2. The Morgan fingerprint density at radius 1 is 1.38 bits per heavy atom. The van der Waals surface area contributed by atoms with Crippen molar-refractivity contribution in [1.82, 2.24) is 9.71 Å². The van der Waals surface area contributed by atoms with Crippen molar-refractivity contribution in [1.29, 1.82) is 5.41 Å². The lowest BCUT2D eigenvalue weighted by Crippen LogP contribution is -2.57. The number of hydrogen-bond acceptors (Lipinski definition) is 7. The zero-order valence-corrected chi connectivity index (χ0v) is 17.1. The second-order valence-electron chi connectivity index (χ2n) is 6.50. The number of halogens is 1. The quantitative estimate of drug-likeness (QED) is 0.270. The molecule has 3 rings (SSSR count). The third-order valence-electron chi connectivity index (χ3n) is 4.69. The highest BCUT2D eigenvalue weighted by molar-refractivity contribution is 7.89. The lowest BCUT2D eigenvalue weighted by molar-refractivity contribution is -0.151. The highest BCUT2D eigenvalue weighted by atomic mass is 35.5. The van der Waals surface area contributed by atoms with Crippen LogP contribution in [0.5, 0.6) is 0 Å². The number of aromatic nitrogens is 1. The van der Waals surface area contributed by atoms with Crippen molar-refractivity contribution in [3.8, 4) is 0 Å². The standard InChI is InChI=1S/C17H20ClN5O5S/c1-27-15(24)17(4-6-28-7-5-17)22-29(25,26)12-2-3-13-11(8-12)9-21-10-14(13)23(18)16(19)20/h2-3,8-10,22H,4-7H2,1H3,(H3,19,20). The summed E-state index contributed by atoms with van der Waals surface area (Å²) in [4.78, 5) is 16.3. The summed E-state index contributed by atoms with van der Waals surface area (Å²) >= 11 is 6.00. The summed E-state index contributed by atoms with van der Waals surface area (Å²) in [7, 11) is -2.85. The van der Waals surface area contributed by atoms with E-state index in [1.807, 2.05) is 0 Å². The minimum atomic E-state index is -4.06. The summed E-state index contributed by atoms with van der Waals surface area (Å²) in [5, 5.41) is 8.48. The Hall–Kier alpha value is -2.47. The van der Waals surface area contributed by atoms with Gasteiger partial charge in [0.25, 0.3) is 0 Å². The number of esters is 1. The Balaban J connectivity index is 2.00. The van der Waals surface area contributed by atoms with Crippen LogP contribution in [0.25, 0.3) is 10.8 Å². The topological polar surface area (TPSA) is 148 Å². The first-order chi connectivity index (χ1) is 13.7. The number of hydrogen-bond donors (Lipinski definition) is 3. The fourth-order valence-electron chi connectivity index (χ4n) is 3.17. The Labute approximate surface area is 172 Å². The fraction of sp³-hybridized carbons (Fsp3) is 0.353. The molecule has 2 aromatic rings. The SMILES string of the molecule is COC(=O)C1(NS(=O)(=O)c2ccc3c(N(Cl)C(=N)N)cncc3c2)CCOCC1. The van der Waals surface area contributed by atoms with Crippen LogP contribution in [0, 0.1) is 5.41 Å². The second-order valence-corrected chi connectivity index (χ2v) is 8.52. The smallest absolute Gasteiger partial charge is 0.327 e. The third-order valence-corrected chi connectivity index (χ3v) is 6.59. The minimum absolute atomic E-state index is 0.0531. The molecule has 10 nitrogen and oxygen atoms in total. The number of carbonyl (C=O) groups excluding carboxylic acids is 1. The summed E-state index contributed by atoms with van der Waals surface area (Å²) in [5.41, 5.74) is 4.36. The van der Waals surface area contributed by atoms with Gasteiger partial charge in [-0.05, 0) is 12.1 Å². The van der Waals surface area contributed by atoms with Gasteiger partial charge in [-0.3, -0.25) is 15.2 Å². The van der Waals surface area contributed by atoms with E-state index < -0.39 is 27.5 Å². The van der Waals surface area contributed by atoms with Crippen LogP contribution in [0.1, 0.15) is 12.8 Å². The molecule has 1 aromatic carbocycles. The molecule has 0 spiro atoms. The normalized spacial score (nSPS) is 16.3. The van der Waals surface area contributed by atoms with Crippen molar-refractivity contribution in [3.05, 3.63) is 30.6 Å². The zero-order chi connectivity index (χ0) is 21.2. The predicted molar refractivity (Wildman–Crippen MR) is 107 cm³/mol. The monoisotopic (exact) mass is 441 g/mol. The number of pyridine rings is 1. The van der Waals surface area contributed by atoms with Crippen molar-refractivity contribution in [3.63, 3.8) is 0 Å². The zero-order valence-electron chi connectivity index (χ0n) is 15.5. The maximum absolute atomic E-state index is 13.0. The van der Waals surface area contributed by atoms with Gasteiger partial charge in [0.15, 0.2) is 0 Å². The molecule has 1 aliphatic heterocycles. The van der Waals surface area contributed by atoms with Crippen LogP contribution in [-0.4, -0.2) is 51.2 Å². The van der Waals surface area contributed by atoms with E-state index in [-0.39, 0.29) is 31.0 Å². The molecule has 4 N–H and O–H groups in total. The third kappa shape index (κ3) is 4.13. The number of carbonyl (C=O) groups is 1. The number of sulfonamides is 1. The molecular weight excluding hydrogens is 422 g/mol. The van der Waals surface area contributed by atoms with Gasteiger partial charge in [0.2, 0.25) is 16.0 Å². The van der Waals surface area contributed by atoms with Gasteiger partial charge in [-0.25, -0.2) is 12.8 Å². The maximum atomic E-state index is 13.0. The molecular formula is C17H20ClN5O5S. The molecule has 0 amide bonds. The van der Waals surface area contributed by atoms with E-state index in [0.29, 0.717) is 16.5 Å². The van der Waals surface area contributed by atoms with Crippen molar-refractivity contribution in [2.24, 2.45) is 5.73 Å². The van der Waals surface area contributed by atoms with E-state index in [0.717, 1.165) is 4.42 Å². The predicted octanol–water partition coefficient (Wildman–Crippen LogP) is 1.09. The largest absolute Gasteiger partial charge is 0.468 e. The fourth-order valence-corrected chi connectivity index (χ4v) is 4.75. The molecule has 0 radical (unpaired) electrons. The van der Waals surface area contributed by atoms with Crippen molar-refractivity contribution >= 4 is 50.2 Å². The average molecular weight is 442 g/mol. The van der Waals surface area contributed by atoms with E-state index in [1.165, 1.54) is 37.7 Å². The number of nitrogens with one attached hydrogen (secondary N) is 2. The lowest BCUT2D eigenvalue weighted by Gasteiger charge is -2.34. The Bertz CT molecular complexity index is 1060. The number of methoxy groups -OCH3 is 1. The molecule has 156 valence electrons. The number of benzene rings is 1. The van der Waals surface area contributed by atoms with Crippen LogP contribution in [0.4, 0.5) is 5.69 Å². The molecule has 29 heavy (non-hydrogen) atoms. The number of anilines is 1. The lowest BCUT2D eigenvalue weighted by atomic mass is 9.92. The molecule has 1 aromatic heterocycles. The molecule has 0 bridgehead atoms. The van der Waals surface area contributed by atoms with Crippen LogP contribution in [0.15, 0.2) is 35.5 Å². The van der Waals surface area contributed by atoms with Gasteiger partial charge in [0, 0.05) is 54.8 Å². The van der Waals surface area contributed by atoms with Gasteiger partial charge < -0.3 is 15.2 Å². The van der Waals surface area contributed by atoms with Gasteiger partial charge in [-0.2, -0.15) is 4.72 Å². The molecule has 0 saturated carbocycles. The molecule has 12 heteroatoms. The maximum Gasteiger partial charge on any atom is 0.327 e. The van der Waals surface area contributed by atoms with Gasteiger partial charge in [-0.15, -0.1) is 0 Å². The Kier molecular flexibility index (Phi) is 5.94. The molecule has 1 fully saturated rings. The van der Waals surface area contributed by atoms with Crippen molar-refractivity contribution in [2.75, 3.05) is 24.7 Å². The van der Waals surface area contributed by atoms with Gasteiger partial charge in [-0.1, -0.05) is 6.07 Å². The molecule has 1 saturated heterocycles. The molecule has 1 aliphatic rings. The van der Waals surface area contributed by atoms with Crippen molar-refractivity contribution < 1.29 is 22.7 Å². The van der Waals surface area contributed by atoms with Crippen LogP contribution in [0.3, 0.4) is 0 Å². The molecule has 0 unspecified atom stereocenters. The van der Waals surface area contributed by atoms with Crippen LogP contribution in [-0.2, 0) is 24.3 Å². The van der Waals surface area contributed by atoms with E-state index in [4.69, 9.17) is 32.4 Å². The highest BCUT2D eigenvalue weighted by Gasteiger charge is 2.44. The average Bonchev–Trinajstić information content (AvgIpc) is 2.71. The Morgan fingerprint density at radius 2 is 2.07 bits per heavy atom. The first-order valence-electron chi connectivity index (χ1n) is 8.58. The van der Waals surface area contributed by atoms with Gasteiger partial charge >= 0.3 is 5.97 Å². The summed E-state index contributed by atoms with van der Waals surface area (Å²) in [6, 6.07) is 4.32.